The van der Waals surface area contributed by atoms with E-state index in [1.54, 1.807) is 13.3 Å². The van der Waals surface area contributed by atoms with Gasteiger partial charge in [0.2, 0.25) is 11.8 Å². The van der Waals surface area contributed by atoms with Crippen LogP contribution in [-0.2, 0) is 13.1 Å². The van der Waals surface area contributed by atoms with Crippen molar-refractivity contribution in [2.24, 2.45) is 0 Å². The quantitative estimate of drug-likeness (QED) is 0.768. The summed E-state index contributed by atoms with van der Waals surface area (Å²) >= 11 is 0. The minimum absolute atomic E-state index is 0.0320. The standard InChI is InChI=1S/C21H24N4O2/c1-14-5-10-18-17(20(14)23(2)3)12-24(21-22-19(26)13-25(18)21)11-15-6-8-16(27-4)9-7-15/h5-10,13,26H,11-12H2,1-4H3. The Balaban J connectivity index is 1.78. The summed E-state index contributed by atoms with van der Waals surface area (Å²) in [6.45, 7) is 3.55. The highest BCUT2D eigenvalue weighted by atomic mass is 16.5. The molecule has 1 aliphatic rings. The number of aromatic nitrogens is 2. The molecule has 1 aliphatic heterocycles. The largest absolute Gasteiger partial charge is 0.497 e. The van der Waals surface area contributed by atoms with Crippen molar-refractivity contribution in [2.75, 3.05) is 31.0 Å². The number of aryl methyl sites for hydroxylation is 1. The number of hydrogen-bond acceptors (Lipinski definition) is 5. The first kappa shape index (κ1) is 17.3. The number of ether oxygens (including phenoxy) is 1. The Morgan fingerprint density at radius 2 is 1.89 bits per heavy atom. The monoisotopic (exact) mass is 364 g/mol. The van der Waals surface area contributed by atoms with E-state index in [1.165, 1.54) is 16.8 Å². The van der Waals surface area contributed by atoms with Crippen LogP contribution < -0.4 is 14.5 Å². The van der Waals surface area contributed by atoms with Gasteiger partial charge in [0.15, 0.2) is 0 Å². The Hall–Kier alpha value is -3.15. The molecule has 4 rings (SSSR count). The minimum Gasteiger partial charge on any atom is -0.497 e. The fourth-order valence-corrected chi connectivity index (χ4v) is 3.85. The van der Waals surface area contributed by atoms with Gasteiger partial charge in [-0.05, 0) is 36.2 Å². The second-order valence-corrected chi connectivity index (χ2v) is 7.10. The number of aromatic hydroxyl groups is 1. The molecule has 0 amide bonds. The smallest absolute Gasteiger partial charge is 0.231 e. The maximum absolute atomic E-state index is 10.0. The lowest BCUT2D eigenvalue weighted by Crippen LogP contribution is -2.31. The van der Waals surface area contributed by atoms with Crippen molar-refractivity contribution < 1.29 is 9.84 Å². The number of anilines is 2. The summed E-state index contributed by atoms with van der Waals surface area (Å²) in [5.74, 6) is 1.63. The van der Waals surface area contributed by atoms with Crippen LogP contribution in [0.5, 0.6) is 11.6 Å². The van der Waals surface area contributed by atoms with Crippen molar-refractivity contribution in [3.05, 3.63) is 59.3 Å². The summed E-state index contributed by atoms with van der Waals surface area (Å²) < 4.78 is 7.23. The molecule has 0 spiro atoms. The molecule has 1 aromatic heterocycles. The predicted octanol–water partition coefficient (Wildman–Crippen LogP) is 3.48. The van der Waals surface area contributed by atoms with E-state index in [2.05, 4.69) is 60.1 Å². The Morgan fingerprint density at radius 3 is 2.56 bits per heavy atom. The third kappa shape index (κ3) is 2.97. The Labute approximate surface area is 159 Å². The van der Waals surface area contributed by atoms with Crippen molar-refractivity contribution in [2.45, 2.75) is 20.0 Å². The molecule has 0 aliphatic carbocycles. The third-order valence-electron chi connectivity index (χ3n) is 5.01. The minimum atomic E-state index is 0.0320. The van der Waals surface area contributed by atoms with E-state index in [9.17, 15) is 5.11 Å². The molecule has 2 heterocycles. The highest BCUT2D eigenvalue weighted by Crippen LogP contribution is 2.38. The van der Waals surface area contributed by atoms with Crippen LogP contribution in [0.25, 0.3) is 5.69 Å². The first-order valence-electron chi connectivity index (χ1n) is 8.94. The van der Waals surface area contributed by atoms with E-state index in [4.69, 9.17) is 4.74 Å². The van der Waals surface area contributed by atoms with Gasteiger partial charge in [-0.1, -0.05) is 18.2 Å². The van der Waals surface area contributed by atoms with E-state index in [1.807, 2.05) is 16.7 Å². The molecule has 140 valence electrons. The van der Waals surface area contributed by atoms with E-state index in [0.29, 0.717) is 6.54 Å². The van der Waals surface area contributed by atoms with Gasteiger partial charge in [-0.2, -0.15) is 4.98 Å². The first-order valence-corrected chi connectivity index (χ1v) is 8.94. The molecule has 0 atom stereocenters. The Bertz CT molecular complexity index is 977. The zero-order chi connectivity index (χ0) is 19.1. The molecule has 0 fully saturated rings. The lowest BCUT2D eigenvalue weighted by Gasteiger charge is -2.34. The molecule has 3 aromatic rings. The molecule has 0 radical (unpaired) electrons. The van der Waals surface area contributed by atoms with Gasteiger partial charge >= 0.3 is 0 Å². The predicted molar refractivity (Wildman–Crippen MR) is 107 cm³/mol. The molecule has 0 saturated heterocycles. The van der Waals surface area contributed by atoms with Gasteiger partial charge in [0, 0.05) is 31.9 Å². The van der Waals surface area contributed by atoms with Crippen molar-refractivity contribution in [3.8, 4) is 17.3 Å². The fourth-order valence-electron chi connectivity index (χ4n) is 3.85. The molecule has 6 nitrogen and oxygen atoms in total. The SMILES string of the molecule is COc1ccc(CN2Cc3c(ccc(C)c3N(C)C)-n3cc(O)nc32)cc1. The Morgan fingerprint density at radius 1 is 1.15 bits per heavy atom. The Kier molecular flexibility index (Phi) is 4.18. The number of hydrogen-bond donors (Lipinski definition) is 1. The average Bonchev–Trinajstić information content (AvgIpc) is 3.04. The van der Waals surface area contributed by atoms with Crippen molar-refractivity contribution in [3.63, 3.8) is 0 Å². The van der Waals surface area contributed by atoms with E-state index in [0.717, 1.165) is 29.5 Å². The van der Waals surface area contributed by atoms with E-state index < -0.39 is 0 Å². The molecule has 0 saturated carbocycles. The van der Waals surface area contributed by atoms with Crippen LogP contribution in [-0.4, -0.2) is 35.9 Å². The van der Waals surface area contributed by atoms with E-state index in [-0.39, 0.29) is 5.88 Å². The summed E-state index contributed by atoms with van der Waals surface area (Å²) in [4.78, 5) is 8.71. The zero-order valence-electron chi connectivity index (χ0n) is 16.1. The number of nitrogens with zero attached hydrogens (tertiary/aromatic N) is 4. The van der Waals surface area contributed by atoms with Crippen LogP contribution >= 0.6 is 0 Å². The fraction of sp³-hybridized carbons (Fsp3) is 0.286. The van der Waals surface area contributed by atoms with E-state index >= 15 is 0 Å². The van der Waals surface area contributed by atoms with Gasteiger partial charge in [-0.3, -0.25) is 4.57 Å². The second-order valence-electron chi connectivity index (χ2n) is 7.10. The summed E-state index contributed by atoms with van der Waals surface area (Å²) in [6, 6.07) is 12.3. The van der Waals surface area contributed by atoms with Gasteiger partial charge in [0.05, 0.1) is 25.5 Å². The van der Waals surface area contributed by atoms with Crippen LogP contribution in [0, 0.1) is 6.92 Å². The molecule has 27 heavy (non-hydrogen) atoms. The summed E-state index contributed by atoms with van der Waals surface area (Å²) in [6.07, 6.45) is 1.68. The maximum Gasteiger partial charge on any atom is 0.231 e. The molecule has 2 aromatic carbocycles. The van der Waals surface area contributed by atoms with Crippen molar-refractivity contribution in [1.29, 1.82) is 0 Å². The van der Waals surface area contributed by atoms with Gasteiger partial charge in [0.1, 0.15) is 5.75 Å². The molecular weight excluding hydrogens is 340 g/mol. The summed E-state index contributed by atoms with van der Waals surface area (Å²) in [5.41, 5.74) is 5.91. The molecular formula is C21H24N4O2. The number of methoxy groups -OCH3 is 1. The molecule has 0 unspecified atom stereocenters. The topological polar surface area (TPSA) is 53.8 Å². The van der Waals surface area contributed by atoms with Gasteiger partial charge in [-0.25, -0.2) is 0 Å². The maximum atomic E-state index is 10.0. The second kappa shape index (κ2) is 6.54. The molecule has 1 N–H and O–H groups in total. The number of fused-ring (bicyclic) bond motifs is 3. The van der Waals surface area contributed by atoms with Gasteiger partial charge in [-0.15, -0.1) is 0 Å². The van der Waals surface area contributed by atoms with Gasteiger partial charge < -0.3 is 19.6 Å². The summed E-state index contributed by atoms with van der Waals surface area (Å²) in [7, 11) is 5.80. The molecule has 0 bridgehead atoms. The highest BCUT2D eigenvalue weighted by Gasteiger charge is 2.27. The van der Waals surface area contributed by atoms with Crippen LogP contribution in [0.4, 0.5) is 11.6 Å². The van der Waals surface area contributed by atoms with Crippen LogP contribution in [0.1, 0.15) is 16.7 Å². The van der Waals surface area contributed by atoms with Crippen LogP contribution in [0.15, 0.2) is 42.6 Å². The lowest BCUT2D eigenvalue weighted by molar-refractivity contribution is 0.414. The van der Waals surface area contributed by atoms with Crippen LogP contribution in [0.3, 0.4) is 0 Å². The average molecular weight is 364 g/mol. The van der Waals surface area contributed by atoms with Gasteiger partial charge in [0.25, 0.3) is 0 Å². The molecule has 6 heteroatoms. The van der Waals surface area contributed by atoms with Crippen molar-refractivity contribution in [1.82, 2.24) is 9.55 Å². The van der Waals surface area contributed by atoms with Crippen molar-refractivity contribution >= 4 is 11.6 Å². The zero-order valence-corrected chi connectivity index (χ0v) is 16.1. The van der Waals surface area contributed by atoms with Crippen LogP contribution in [0.2, 0.25) is 0 Å². The normalized spacial score (nSPS) is 12.5. The first-order chi connectivity index (χ1) is 13.0. The lowest BCUT2D eigenvalue weighted by atomic mass is 10.0. The summed E-state index contributed by atoms with van der Waals surface area (Å²) in [5, 5.41) is 10.0. The number of benzene rings is 2. The third-order valence-corrected chi connectivity index (χ3v) is 5.01. The highest BCUT2D eigenvalue weighted by molar-refractivity contribution is 5.70. The number of imidazole rings is 1. The number of rotatable bonds is 4.